The number of rotatable bonds is 50. The minimum absolute atomic E-state index is 0.113. The van der Waals surface area contributed by atoms with Crippen LogP contribution in [-0.4, -0.2) is 99.6 Å². The number of ether oxygens (including phenoxy) is 3. The first-order chi connectivity index (χ1) is 36.7. The number of esters is 1. The quantitative estimate of drug-likeness (QED) is 0.0149. The van der Waals surface area contributed by atoms with Crippen LogP contribution in [0.3, 0.4) is 0 Å². The first kappa shape index (κ1) is 69.9. The lowest BCUT2D eigenvalue weighted by atomic mass is 9.99. The Bertz CT molecular complexity index is 1540. The van der Waals surface area contributed by atoms with Gasteiger partial charge in [0.25, 0.3) is 0 Å². The van der Waals surface area contributed by atoms with Crippen LogP contribution in [0.2, 0.25) is 0 Å². The van der Waals surface area contributed by atoms with Crippen molar-refractivity contribution in [2.75, 3.05) is 13.2 Å². The summed E-state index contributed by atoms with van der Waals surface area (Å²) < 4.78 is 17.6. The zero-order valence-corrected chi connectivity index (χ0v) is 47.6. The molecule has 1 heterocycles. The van der Waals surface area contributed by atoms with Gasteiger partial charge >= 0.3 is 5.97 Å². The molecule has 1 amide bonds. The van der Waals surface area contributed by atoms with Gasteiger partial charge in [-0.2, -0.15) is 0 Å². The van der Waals surface area contributed by atoms with Crippen molar-refractivity contribution in [2.24, 2.45) is 0 Å². The molecule has 0 radical (unpaired) electrons. The summed E-state index contributed by atoms with van der Waals surface area (Å²) in [7, 11) is 0. The summed E-state index contributed by atoms with van der Waals surface area (Å²) in [5.41, 5.74) is 0. The maximum Gasteiger partial charge on any atom is 0.306 e. The van der Waals surface area contributed by atoms with E-state index < -0.39 is 67.4 Å². The molecular weight excluding hydrogens is 943 g/mol. The number of amides is 1. The van der Waals surface area contributed by atoms with E-state index in [0.717, 1.165) is 64.2 Å². The number of aliphatic hydroxyl groups is 5. The standard InChI is InChI=1S/C64H111NO10/c1-4-7-10-13-16-19-22-25-27-28-29-30-31-34-37-40-43-46-49-52-59(69)75-62-61(71)60(70)58(53-66)74-64(62)73-54-55(56(67)50-47-44-41-38-35-32-24-21-18-15-12-9-6-3)65-63(72)57(68)51-48-45-42-39-36-33-26-23-20-17-14-11-8-5-2/h8,11,14,17,20,23,25-27,33,36,39,47,50,55-58,60-62,64,66-68,70-71H,4-7,9-10,12-13,15-16,18-19,21-22,24,28-32,34-35,37-38,40-46,48-49,51-54H2,1-3H3,(H,65,72)/b11-8+,17-14+,23-20-,27-25+,33-26-,39-36+,50-47+. The van der Waals surface area contributed by atoms with Crippen LogP contribution in [0.1, 0.15) is 245 Å². The van der Waals surface area contributed by atoms with Crippen LogP contribution < -0.4 is 5.32 Å². The molecule has 8 atom stereocenters. The van der Waals surface area contributed by atoms with Gasteiger partial charge < -0.3 is 45.1 Å². The maximum atomic E-state index is 13.4. The Labute approximate surface area is 457 Å². The third kappa shape index (κ3) is 39.8. The van der Waals surface area contributed by atoms with Gasteiger partial charge in [0, 0.05) is 6.42 Å². The molecule has 1 fully saturated rings. The normalized spacial score (nSPS) is 19.8. The SMILES string of the molecule is CC/C=C/C=C/C=C\C=C/C=C/CCCCC(O)C(=O)NC(COC1OC(CO)C(O)C(O)C1OC(=O)CCCCCCCCCCC/C=C/CCCCCCCC)C(O)/C=C/CCCCCCCCCCCCC. The first-order valence-corrected chi connectivity index (χ1v) is 30.4. The molecule has 6 N–H and O–H groups in total. The third-order valence-electron chi connectivity index (χ3n) is 13.9. The Morgan fingerprint density at radius 1 is 0.533 bits per heavy atom. The first-order valence-electron chi connectivity index (χ1n) is 30.4. The molecule has 0 aromatic carbocycles. The van der Waals surface area contributed by atoms with E-state index in [-0.39, 0.29) is 19.4 Å². The molecule has 0 spiro atoms. The summed E-state index contributed by atoms with van der Waals surface area (Å²) in [6.07, 6.45) is 56.2. The third-order valence-corrected chi connectivity index (χ3v) is 13.9. The molecule has 11 heteroatoms. The van der Waals surface area contributed by atoms with Gasteiger partial charge in [0.2, 0.25) is 5.91 Å². The van der Waals surface area contributed by atoms with E-state index in [2.05, 4.69) is 44.3 Å². The Morgan fingerprint density at radius 2 is 0.973 bits per heavy atom. The molecule has 0 saturated carbocycles. The minimum Gasteiger partial charge on any atom is -0.454 e. The Balaban J connectivity index is 2.72. The topological polar surface area (TPSA) is 175 Å². The van der Waals surface area contributed by atoms with Gasteiger partial charge in [-0.25, -0.2) is 0 Å². The average Bonchev–Trinajstić information content (AvgIpc) is 3.41. The number of carbonyl (C=O) groups excluding carboxylic acids is 2. The molecule has 432 valence electrons. The summed E-state index contributed by atoms with van der Waals surface area (Å²) >= 11 is 0. The Hall–Kier alpha value is -3.16. The van der Waals surface area contributed by atoms with Crippen molar-refractivity contribution in [3.8, 4) is 0 Å². The fourth-order valence-electron chi connectivity index (χ4n) is 9.08. The van der Waals surface area contributed by atoms with Crippen molar-refractivity contribution in [1.29, 1.82) is 0 Å². The van der Waals surface area contributed by atoms with Crippen molar-refractivity contribution < 1.29 is 49.3 Å². The van der Waals surface area contributed by atoms with Crippen LogP contribution in [0.15, 0.2) is 85.1 Å². The van der Waals surface area contributed by atoms with Crippen molar-refractivity contribution in [1.82, 2.24) is 5.32 Å². The zero-order valence-electron chi connectivity index (χ0n) is 47.6. The molecular formula is C64H111NO10. The van der Waals surface area contributed by atoms with Crippen LogP contribution in [0, 0.1) is 0 Å². The average molecular weight is 1050 g/mol. The van der Waals surface area contributed by atoms with E-state index in [1.54, 1.807) is 6.08 Å². The molecule has 0 aliphatic carbocycles. The predicted octanol–water partition coefficient (Wildman–Crippen LogP) is 14.2. The number of hydrogen-bond acceptors (Lipinski definition) is 10. The van der Waals surface area contributed by atoms with Gasteiger partial charge in [-0.05, 0) is 70.6 Å². The molecule has 75 heavy (non-hydrogen) atoms. The lowest BCUT2D eigenvalue weighted by Crippen LogP contribution is -2.61. The van der Waals surface area contributed by atoms with Gasteiger partial charge in [0.05, 0.1) is 25.4 Å². The van der Waals surface area contributed by atoms with Crippen molar-refractivity contribution >= 4 is 11.9 Å². The minimum atomic E-state index is -1.63. The fourth-order valence-corrected chi connectivity index (χ4v) is 9.08. The van der Waals surface area contributed by atoms with Crippen LogP contribution in [-0.2, 0) is 23.8 Å². The largest absolute Gasteiger partial charge is 0.454 e. The molecule has 0 aromatic rings. The van der Waals surface area contributed by atoms with E-state index in [1.807, 2.05) is 60.8 Å². The Morgan fingerprint density at radius 3 is 1.48 bits per heavy atom. The van der Waals surface area contributed by atoms with Gasteiger partial charge in [0.1, 0.15) is 24.4 Å². The van der Waals surface area contributed by atoms with E-state index in [0.29, 0.717) is 12.8 Å². The van der Waals surface area contributed by atoms with E-state index >= 15 is 0 Å². The van der Waals surface area contributed by atoms with E-state index in [4.69, 9.17) is 14.2 Å². The molecule has 1 aliphatic rings. The predicted molar refractivity (Wildman–Crippen MR) is 310 cm³/mol. The summed E-state index contributed by atoms with van der Waals surface area (Å²) in [6.45, 7) is 5.61. The van der Waals surface area contributed by atoms with Gasteiger partial charge in [-0.15, -0.1) is 0 Å². The van der Waals surface area contributed by atoms with E-state index in [9.17, 15) is 35.1 Å². The molecule has 1 aliphatic heterocycles. The lowest BCUT2D eigenvalue weighted by Gasteiger charge is -2.41. The van der Waals surface area contributed by atoms with Gasteiger partial charge in [-0.3, -0.25) is 9.59 Å². The van der Waals surface area contributed by atoms with Gasteiger partial charge in [0.15, 0.2) is 12.4 Å². The van der Waals surface area contributed by atoms with Crippen molar-refractivity contribution in [2.45, 2.75) is 294 Å². The van der Waals surface area contributed by atoms with E-state index in [1.165, 1.54) is 135 Å². The monoisotopic (exact) mass is 1050 g/mol. The van der Waals surface area contributed by atoms with Crippen molar-refractivity contribution in [3.05, 3.63) is 85.1 Å². The second-order valence-electron chi connectivity index (χ2n) is 20.8. The number of unbranched alkanes of at least 4 members (excludes halogenated alkanes) is 28. The summed E-state index contributed by atoms with van der Waals surface area (Å²) in [5, 5.41) is 56.9. The molecule has 1 rings (SSSR count). The smallest absolute Gasteiger partial charge is 0.306 e. The molecule has 1 saturated heterocycles. The van der Waals surface area contributed by atoms with Gasteiger partial charge in [-0.1, -0.05) is 254 Å². The molecule has 8 unspecified atom stereocenters. The number of allylic oxidation sites excluding steroid dienone is 13. The highest BCUT2D eigenvalue weighted by atomic mass is 16.7. The highest BCUT2D eigenvalue weighted by molar-refractivity contribution is 5.80. The van der Waals surface area contributed by atoms with Crippen LogP contribution in [0.4, 0.5) is 0 Å². The number of nitrogens with one attached hydrogen (secondary N) is 1. The second-order valence-corrected chi connectivity index (χ2v) is 20.8. The summed E-state index contributed by atoms with van der Waals surface area (Å²) in [5.74, 6) is -1.24. The molecule has 0 bridgehead atoms. The highest BCUT2D eigenvalue weighted by Gasteiger charge is 2.47. The lowest BCUT2D eigenvalue weighted by molar-refractivity contribution is -0.305. The van der Waals surface area contributed by atoms with Crippen LogP contribution in [0.5, 0.6) is 0 Å². The zero-order chi connectivity index (χ0) is 54.7. The van der Waals surface area contributed by atoms with Crippen LogP contribution >= 0.6 is 0 Å². The molecule has 0 aromatic heterocycles. The number of carbonyl (C=O) groups is 2. The highest BCUT2D eigenvalue weighted by Crippen LogP contribution is 2.26. The second kappa shape index (κ2) is 51.6. The van der Waals surface area contributed by atoms with Crippen LogP contribution in [0.25, 0.3) is 0 Å². The summed E-state index contributed by atoms with van der Waals surface area (Å²) in [6, 6.07) is -1.05. The summed E-state index contributed by atoms with van der Waals surface area (Å²) in [4.78, 5) is 26.5. The Kier molecular flexibility index (Phi) is 48.0. The van der Waals surface area contributed by atoms with Crippen molar-refractivity contribution in [3.63, 3.8) is 0 Å². The molecule has 11 nitrogen and oxygen atoms in total. The number of hydrogen-bond donors (Lipinski definition) is 6. The number of aliphatic hydroxyl groups excluding tert-OH is 5. The maximum absolute atomic E-state index is 13.4. The fraction of sp³-hybridized carbons (Fsp3) is 0.750.